The van der Waals surface area contributed by atoms with Crippen LogP contribution in [0.4, 0.5) is 0 Å². The summed E-state index contributed by atoms with van der Waals surface area (Å²) in [6.45, 7) is 3.77. The van der Waals surface area contributed by atoms with E-state index in [1.807, 2.05) is 36.4 Å². The largest absolute Gasteiger partial charge is 0.606 e. The highest BCUT2D eigenvalue weighted by atomic mass is 32.2. The molecule has 3 rings (SSSR count). The van der Waals surface area contributed by atoms with Gasteiger partial charge in [-0.3, -0.25) is 0 Å². The van der Waals surface area contributed by atoms with Crippen molar-refractivity contribution in [3.05, 3.63) is 65.7 Å². The van der Waals surface area contributed by atoms with Crippen molar-refractivity contribution in [2.45, 2.75) is 16.2 Å². The standard InChI is InChI=1S/C15H12OS/c1-2-11-7-8-15-13(9-11)10-12-5-3-4-6-14(12)17(15)16/h2-9H,1,10H2. The van der Waals surface area contributed by atoms with Crippen LogP contribution in [0.3, 0.4) is 0 Å². The van der Waals surface area contributed by atoms with Gasteiger partial charge in [0, 0.05) is 28.7 Å². The smallest absolute Gasteiger partial charge is 0.162 e. The Bertz CT molecular complexity index is 589. The molecule has 1 nitrogen and oxygen atoms in total. The lowest BCUT2D eigenvalue weighted by atomic mass is 10.0. The molecule has 1 aliphatic heterocycles. The van der Waals surface area contributed by atoms with Gasteiger partial charge in [-0.2, -0.15) is 0 Å². The fourth-order valence-electron chi connectivity index (χ4n) is 2.20. The highest BCUT2D eigenvalue weighted by molar-refractivity contribution is 7.91. The molecule has 0 radical (unpaired) electrons. The lowest BCUT2D eigenvalue weighted by molar-refractivity contribution is 0.590. The van der Waals surface area contributed by atoms with Crippen LogP contribution in [0.5, 0.6) is 0 Å². The molecule has 2 aromatic rings. The minimum Gasteiger partial charge on any atom is -0.606 e. The third kappa shape index (κ3) is 1.70. The topological polar surface area (TPSA) is 23.1 Å². The maximum atomic E-state index is 12.4. The average molecular weight is 240 g/mol. The minimum atomic E-state index is -1.03. The van der Waals surface area contributed by atoms with Crippen LogP contribution in [0.1, 0.15) is 16.7 Å². The Labute approximate surface area is 104 Å². The molecule has 0 saturated heterocycles. The summed E-state index contributed by atoms with van der Waals surface area (Å²) < 4.78 is 12.4. The summed E-state index contributed by atoms with van der Waals surface area (Å²) in [7, 11) is 0. The van der Waals surface area contributed by atoms with Crippen LogP contribution in [0.15, 0.2) is 58.8 Å². The first-order valence-electron chi connectivity index (χ1n) is 5.54. The van der Waals surface area contributed by atoms with Crippen molar-refractivity contribution >= 4 is 17.3 Å². The Kier molecular flexibility index (Phi) is 2.54. The zero-order chi connectivity index (χ0) is 11.8. The Balaban J connectivity index is 2.15. The fourth-order valence-corrected chi connectivity index (χ4v) is 3.58. The Hall–Kier alpha value is -1.51. The van der Waals surface area contributed by atoms with E-state index in [0.717, 1.165) is 27.3 Å². The molecule has 0 aromatic heterocycles. The summed E-state index contributed by atoms with van der Waals surface area (Å²) in [5, 5.41) is 0. The molecule has 0 spiro atoms. The summed E-state index contributed by atoms with van der Waals surface area (Å²) in [6.07, 6.45) is 2.68. The Morgan fingerprint density at radius 2 is 1.82 bits per heavy atom. The van der Waals surface area contributed by atoms with Crippen LogP contribution in [-0.4, -0.2) is 4.55 Å². The average Bonchev–Trinajstić information content (AvgIpc) is 2.38. The second-order valence-electron chi connectivity index (χ2n) is 4.12. The molecule has 1 heterocycles. The van der Waals surface area contributed by atoms with E-state index in [1.165, 1.54) is 5.56 Å². The van der Waals surface area contributed by atoms with Gasteiger partial charge in [-0.25, -0.2) is 0 Å². The highest BCUT2D eigenvalue weighted by Crippen LogP contribution is 2.34. The Morgan fingerprint density at radius 1 is 1.06 bits per heavy atom. The SMILES string of the molecule is C=Cc1ccc2c(c1)Cc1ccccc1[S+]2[O-]. The van der Waals surface area contributed by atoms with Crippen molar-refractivity contribution in [2.75, 3.05) is 0 Å². The summed E-state index contributed by atoms with van der Waals surface area (Å²) >= 11 is -1.03. The van der Waals surface area contributed by atoms with E-state index in [4.69, 9.17) is 0 Å². The maximum absolute atomic E-state index is 12.4. The van der Waals surface area contributed by atoms with Gasteiger partial charge < -0.3 is 4.55 Å². The van der Waals surface area contributed by atoms with Gasteiger partial charge in [-0.05, 0) is 29.8 Å². The van der Waals surface area contributed by atoms with E-state index in [0.29, 0.717) is 0 Å². The van der Waals surface area contributed by atoms with E-state index >= 15 is 0 Å². The first-order chi connectivity index (χ1) is 8.29. The van der Waals surface area contributed by atoms with Crippen LogP contribution >= 0.6 is 0 Å². The number of fused-ring (bicyclic) bond motifs is 2. The molecule has 0 N–H and O–H groups in total. The molecule has 1 unspecified atom stereocenters. The van der Waals surface area contributed by atoms with Crippen molar-refractivity contribution in [2.24, 2.45) is 0 Å². The first kappa shape index (κ1) is 10.6. The van der Waals surface area contributed by atoms with Crippen molar-refractivity contribution in [1.82, 2.24) is 0 Å². The minimum absolute atomic E-state index is 0.860. The van der Waals surface area contributed by atoms with E-state index < -0.39 is 11.2 Å². The molecule has 0 saturated carbocycles. The summed E-state index contributed by atoms with van der Waals surface area (Å²) in [5.74, 6) is 0. The quantitative estimate of drug-likeness (QED) is 0.701. The summed E-state index contributed by atoms with van der Waals surface area (Å²) in [5.41, 5.74) is 3.40. The molecule has 1 atom stereocenters. The predicted octanol–water partition coefficient (Wildman–Crippen LogP) is 3.40. The van der Waals surface area contributed by atoms with Gasteiger partial charge in [0.2, 0.25) is 0 Å². The zero-order valence-electron chi connectivity index (χ0n) is 9.35. The van der Waals surface area contributed by atoms with Gasteiger partial charge >= 0.3 is 0 Å². The third-order valence-electron chi connectivity index (χ3n) is 3.07. The van der Waals surface area contributed by atoms with Gasteiger partial charge in [0.25, 0.3) is 0 Å². The van der Waals surface area contributed by atoms with Crippen molar-refractivity contribution < 1.29 is 4.55 Å². The molecule has 17 heavy (non-hydrogen) atoms. The molecular weight excluding hydrogens is 228 g/mol. The molecule has 0 bridgehead atoms. The Morgan fingerprint density at radius 3 is 2.65 bits per heavy atom. The lowest BCUT2D eigenvalue weighted by Gasteiger charge is -2.21. The van der Waals surface area contributed by atoms with Crippen LogP contribution in [0.25, 0.3) is 6.08 Å². The molecule has 0 aliphatic carbocycles. The van der Waals surface area contributed by atoms with E-state index in [2.05, 4.69) is 18.7 Å². The monoisotopic (exact) mass is 240 g/mol. The van der Waals surface area contributed by atoms with Gasteiger partial charge in [-0.15, -0.1) is 0 Å². The molecule has 2 aromatic carbocycles. The van der Waals surface area contributed by atoms with Gasteiger partial charge in [-0.1, -0.05) is 30.9 Å². The van der Waals surface area contributed by atoms with E-state index in [1.54, 1.807) is 0 Å². The first-order valence-corrected chi connectivity index (χ1v) is 6.69. The number of benzene rings is 2. The zero-order valence-corrected chi connectivity index (χ0v) is 10.2. The second-order valence-corrected chi connectivity index (χ2v) is 5.54. The van der Waals surface area contributed by atoms with Crippen molar-refractivity contribution in [1.29, 1.82) is 0 Å². The van der Waals surface area contributed by atoms with Crippen LogP contribution < -0.4 is 0 Å². The molecule has 0 amide bonds. The van der Waals surface area contributed by atoms with E-state index in [-0.39, 0.29) is 0 Å². The molecule has 2 heteroatoms. The van der Waals surface area contributed by atoms with E-state index in [9.17, 15) is 4.55 Å². The summed E-state index contributed by atoms with van der Waals surface area (Å²) in [4.78, 5) is 1.89. The van der Waals surface area contributed by atoms with Gasteiger partial charge in [0.1, 0.15) is 0 Å². The second kappa shape index (κ2) is 4.06. The maximum Gasteiger partial charge on any atom is 0.162 e. The third-order valence-corrected chi connectivity index (χ3v) is 4.67. The molecule has 84 valence electrons. The molecular formula is C15H12OS. The normalized spacial score (nSPS) is 17.1. The van der Waals surface area contributed by atoms with Crippen molar-refractivity contribution in [3.8, 4) is 0 Å². The van der Waals surface area contributed by atoms with Gasteiger partial charge in [0.15, 0.2) is 9.79 Å². The lowest BCUT2D eigenvalue weighted by Crippen LogP contribution is -2.14. The van der Waals surface area contributed by atoms with Crippen LogP contribution in [-0.2, 0) is 17.6 Å². The van der Waals surface area contributed by atoms with Crippen molar-refractivity contribution in [3.63, 3.8) is 0 Å². The van der Waals surface area contributed by atoms with Crippen LogP contribution in [0, 0.1) is 0 Å². The molecule has 0 fully saturated rings. The number of rotatable bonds is 1. The fraction of sp³-hybridized carbons (Fsp3) is 0.0667. The number of hydrogen-bond donors (Lipinski definition) is 0. The predicted molar refractivity (Wildman–Crippen MR) is 70.5 cm³/mol. The van der Waals surface area contributed by atoms with Gasteiger partial charge in [0.05, 0.1) is 0 Å². The van der Waals surface area contributed by atoms with Crippen LogP contribution in [0.2, 0.25) is 0 Å². The summed E-state index contributed by atoms with van der Waals surface area (Å²) in [6, 6.07) is 14.0. The molecule has 1 aliphatic rings. The number of hydrogen-bond acceptors (Lipinski definition) is 1. The highest BCUT2D eigenvalue weighted by Gasteiger charge is 2.27.